The Labute approximate surface area is 171 Å². The van der Waals surface area contributed by atoms with Crippen LogP contribution in [0, 0.1) is 0 Å². The molecule has 0 saturated carbocycles. The zero-order valence-electron chi connectivity index (χ0n) is 15.6. The highest BCUT2D eigenvalue weighted by Gasteiger charge is 2.37. The van der Waals surface area contributed by atoms with Crippen LogP contribution in [0.1, 0.15) is 29.3 Å². The van der Waals surface area contributed by atoms with Gasteiger partial charge in [0, 0.05) is 18.7 Å². The zero-order chi connectivity index (χ0) is 21.3. The van der Waals surface area contributed by atoms with E-state index in [2.05, 4.69) is 0 Å². The molecule has 3 rings (SSSR count). The fourth-order valence-corrected chi connectivity index (χ4v) is 3.72. The number of hydrogen-bond donors (Lipinski definition) is 2. The van der Waals surface area contributed by atoms with E-state index >= 15 is 0 Å². The fourth-order valence-electron chi connectivity index (χ4n) is 3.41. The highest BCUT2D eigenvalue weighted by molar-refractivity contribution is 6.34. The van der Waals surface area contributed by atoms with E-state index in [1.807, 2.05) is 18.2 Å². The van der Waals surface area contributed by atoms with Crippen LogP contribution in [0.5, 0.6) is 0 Å². The SMILES string of the molecule is CC1C(N(N)c2ccccc2)=C(N)CCN1C(=O)c1cccc(C(F)(F)F)c1Cl. The molecule has 2 aromatic carbocycles. The maximum atomic E-state index is 13.2. The lowest BCUT2D eigenvalue weighted by Gasteiger charge is -2.39. The van der Waals surface area contributed by atoms with Crippen molar-refractivity contribution in [3.63, 3.8) is 0 Å². The van der Waals surface area contributed by atoms with Crippen molar-refractivity contribution in [3.05, 3.63) is 76.1 Å². The molecule has 0 radical (unpaired) electrons. The van der Waals surface area contributed by atoms with Crippen LogP contribution in [0.25, 0.3) is 0 Å². The Morgan fingerprint density at radius 1 is 1.17 bits per heavy atom. The molecule has 1 amide bonds. The number of hydrogen-bond acceptors (Lipinski definition) is 4. The van der Waals surface area contributed by atoms with Gasteiger partial charge in [0.15, 0.2) is 0 Å². The molecule has 2 aromatic rings. The van der Waals surface area contributed by atoms with E-state index < -0.39 is 28.7 Å². The third kappa shape index (κ3) is 4.04. The van der Waals surface area contributed by atoms with Gasteiger partial charge in [0.1, 0.15) is 0 Å². The van der Waals surface area contributed by atoms with Gasteiger partial charge in [-0.05, 0) is 31.2 Å². The van der Waals surface area contributed by atoms with Gasteiger partial charge in [-0.25, -0.2) is 5.84 Å². The zero-order valence-corrected chi connectivity index (χ0v) is 16.3. The molecule has 1 aliphatic rings. The number of nitrogens with two attached hydrogens (primary N) is 2. The first-order chi connectivity index (χ1) is 13.6. The third-order valence-electron chi connectivity index (χ3n) is 4.90. The predicted molar refractivity (Wildman–Crippen MR) is 106 cm³/mol. The number of amides is 1. The third-order valence-corrected chi connectivity index (χ3v) is 5.31. The van der Waals surface area contributed by atoms with Crippen molar-refractivity contribution in [2.45, 2.75) is 25.6 Å². The van der Waals surface area contributed by atoms with Crippen LogP contribution in [0.15, 0.2) is 59.9 Å². The van der Waals surface area contributed by atoms with Gasteiger partial charge in [0.25, 0.3) is 5.91 Å². The van der Waals surface area contributed by atoms with Gasteiger partial charge in [0.05, 0.1) is 33.6 Å². The van der Waals surface area contributed by atoms with E-state index in [-0.39, 0.29) is 12.1 Å². The summed E-state index contributed by atoms with van der Waals surface area (Å²) in [7, 11) is 0. The molecule has 1 atom stereocenters. The van der Waals surface area contributed by atoms with E-state index in [9.17, 15) is 18.0 Å². The average Bonchev–Trinajstić information content (AvgIpc) is 2.67. The smallest absolute Gasteiger partial charge is 0.400 e. The Bertz CT molecular complexity index is 946. The Hall–Kier alpha value is -2.71. The molecule has 29 heavy (non-hydrogen) atoms. The summed E-state index contributed by atoms with van der Waals surface area (Å²) in [4.78, 5) is 14.5. The Kier molecular flexibility index (Phi) is 5.77. The highest BCUT2D eigenvalue weighted by Crippen LogP contribution is 2.37. The van der Waals surface area contributed by atoms with Crippen molar-refractivity contribution >= 4 is 23.2 Å². The normalized spacial score (nSPS) is 17.4. The van der Waals surface area contributed by atoms with Crippen molar-refractivity contribution in [2.75, 3.05) is 11.6 Å². The molecular formula is C20H20ClF3N4O. The lowest BCUT2D eigenvalue weighted by atomic mass is 10.0. The van der Waals surface area contributed by atoms with E-state index in [0.717, 1.165) is 6.07 Å². The second-order valence-corrected chi connectivity index (χ2v) is 7.08. The molecule has 154 valence electrons. The summed E-state index contributed by atoms with van der Waals surface area (Å²) in [6, 6.07) is 11.8. The second kappa shape index (κ2) is 7.96. The van der Waals surface area contributed by atoms with E-state index in [0.29, 0.717) is 23.5 Å². The van der Waals surface area contributed by atoms with Crippen LogP contribution in [0.2, 0.25) is 5.02 Å². The summed E-state index contributed by atoms with van der Waals surface area (Å²) in [6.07, 6.45) is -4.32. The number of hydrazine groups is 1. The number of para-hydroxylation sites is 1. The van der Waals surface area contributed by atoms with Gasteiger partial charge in [-0.2, -0.15) is 13.2 Å². The lowest BCUT2D eigenvalue weighted by molar-refractivity contribution is -0.137. The number of alkyl halides is 3. The van der Waals surface area contributed by atoms with E-state index in [4.69, 9.17) is 23.2 Å². The molecular weight excluding hydrogens is 405 g/mol. The average molecular weight is 425 g/mol. The summed E-state index contributed by atoms with van der Waals surface area (Å²) < 4.78 is 39.5. The van der Waals surface area contributed by atoms with Crippen molar-refractivity contribution in [2.24, 2.45) is 11.6 Å². The van der Waals surface area contributed by atoms with Gasteiger partial charge in [0.2, 0.25) is 0 Å². The Balaban J connectivity index is 1.94. The van der Waals surface area contributed by atoms with E-state index in [1.54, 1.807) is 19.1 Å². The number of halogens is 4. The summed E-state index contributed by atoms with van der Waals surface area (Å²) in [6.45, 7) is 1.97. The van der Waals surface area contributed by atoms with Crippen molar-refractivity contribution in [1.82, 2.24) is 4.90 Å². The van der Waals surface area contributed by atoms with Crippen LogP contribution in [0.4, 0.5) is 18.9 Å². The molecule has 5 nitrogen and oxygen atoms in total. The minimum Gasteiger partial charge on any atom is -0.400 e. The maximum Gasteiger partial charge on any atom is 0.417 e. The summed E-state index contributed by atoms with van der Waals surface area (Å²) in [5.41, 5.74) is 6.61. The van der Waals surface area contributed by atoms with Crippen LogP contribution in [-0.2, 0) is 6.18 Å². The predicted octanol–water partition coefficient (Wildman–Crippen LogP) is 4.14. The molecule has 0 saturated heterocycles. The second-order valence-electron chi connectivity index (χ2n) is 6.71. The van der Waals surface area contributed by atoms with Crippen molar-refractivity contribution in [3.8, 4) is 0 Å². The molecule has 0 aromatic heterocycles. The summed E-state index contributed by atoms with van der Waals surface area (Å²) in [5.74, 6) is 5.63. The molecule has 0 bridgehead atoms. The van der Waals surface area contributed by atoms with Crippen molar-refractivity contribution < 1.29 is 18.0 Å². The summed E-state index contributed by atoms with van der Waals surface area (Å²) in [5, 5.41) is 0.779. The minimum atomic E-state index is -4.66. The van der Waals surface area contributed by atoms with Crippen molar-refractivity contribution in [1.29, 1.82) is 0 Å². The van der Waals surface area contributed by atoms with Gasteiger partial charge < -0.3 is 10.6 Å². The Morgan fingerprint density at radius 2 is 1.83 bits per heavy atom. The molecule has 0 spiro atoms. The Morgan fingerprint density at radius 3 is 2.45 bits per heavy atom. The van der Waals surface area contributed by atoms with E-state index in [1.165, 1.54) is 22.0 Å². The molecule has 4 N–H and O–H groups in total. The molecule has 9 heteroatoms. The first kappa shape index (κ1) is 21.0. The molecule has 1 unspecified atom stereocenters. The number of carbonyl (C=O) groups excluding carboxylic acids is 1. The molecule has 1 heterocycles. The number of anilines is 1. The maximum absolute atomic E-state index is 13.2. The van der Waals surface area contributed by atoms with Crippen LogP contribution in [-0.4, -0.2) is 23.4 Å². The number of benzene rings is 2. The molecule has 0 fully saturated rings. The molecule has 1 aliphatic heterocycles. The van der Waals surface area contributed by atoms with Crippen LogP contribution < -0.4 is 16.6 Å². The van der Waals surface area contributed by atoms with Crippen LogP contribution >= 0.6 is 11.6 Å². The highest BCUT2D eigenvalue weighted by atomic mass is 35.5. The molecule has 0 aliphatic carbocycles. The first-order valence-electron chi connectivity index (χ1n) is 8.88. The van der Waals surface area contributed by atoms with Crippen LogP contribution in [0.3, 0.4) is 0 Å². The topological polar surface area (TPSA) is 75.6 Å². The number of rotatable bonds is 3. The van der Waals surface area contributed by atoms with Gasteiger partial charge >= 0.3 is 6.18 Å². The van der Waals surface area contributed by atoms with Gasteiger partial charge in [-0.15, -0.1) is 0 Å². The summed E-state index contributed by atoms with van der Waals surface area (Å²) >= 11 is 5.94. The van der Waals surface area contributed by atoms with Gasteiger partial charge in [-0.3, -0.25) is 9.80 Å². The number of nitrogens with zero attached hydrogens (tertiary/aromatic N) is 2. The quantitative estimate of drug-likeness (QED) is 0.573. The largest absolute Gasteiger partial charge is 0.417 e. The fraction of sp³-hybridized carbons (Fsp3) is 0.250. The van der Waals surface area contributed by atoms with Gasteiger partial charge in [-0.1, -0.05) is 35.9 Å². The first-order valence-corrected chi connectivity index (χ1v) is 9.25. The number of carbonyl (C=O) groups is 1. The standard InChI is InChI=1S/C20H20ClF3N4O/c1-12-18(28(26)13-6-3-2-4-7-13)16(25)10-11-27(12)19(29)14-8-5-9-15(17(14)21)20(22,23)24/h2-9,12H,10-11,25-26H2,1H3. The lowest BCUT2D eigenvalue weighted by Crippen LogP contribution is -2.50. The minimum absolute atomic E-state index is 0.212. The monoisotopic (exact) mass is 424 g/mol.